The zero-order chi connectivity index (χ0) is 95.4. The molecule has 0 amide bonds. The summed E-state index contributed by atoms with van der Waals surface area (Å²) in [6.45, 7) is 15.4. The molecule has 15 atom stereocenters. The van der Waals surface area contributed by atoms with Gasteiger partial charge >= 0.3 is 36.1 Å². The molecule has 703 valence electrons. The van der Waals surface area contributed by atoms with E-state index in [0.717, 1.165) is 59.6 Å². The lowest BCUT2D eigenvalue weighted by Gasteiger charge is -2.28. The van der Waals surface area contributed by atoms with Gasteiger partial charge in [0, 0.05) is 58.6 Å². The molecule has 0 spiro atoms. The van der Waals surface area contributed by atoms with Gasteiger partial charge < -0.3 is 67.2 Å². The molecule has 6 aliphatic heterocycles. The first-order chi connectivity index (χ1) is 59.6. The topological polar surface area (TPSA) is 571 Å². The third-order valence-electron chi connectivity index (χ3n) is 21.1. The molecule has 3 fully saturated rings. The standard InChI is InChI=1S/C28H37F3N5O8PS.C27H35F3N5O9PS.C20H29N4O8PS.B.2H2/c1-5-26(2,3)25(39)46-11-10-42-45(41,34-13-16-6-8-17(9-7-16)28(29,30)31)43-14-19-22(38)27(4,40)24(44-19)36-15-33-21-18(37)12-20(32)35-23(21)36;1-25(2,13-36)24(39)46-9-8-42-45(41,33-11-15-4-6-16(7-5-15)27(28,29)30)43-12-18-21(38)26(3,40)23(44-18)35-14-32-20-17(37)10-19(31)34-22(20)35;1-5-19(2,3)18(27)34-7-6-30-33(29)31-9-12-15(26)20(4,28)17(32-12)24-10-22-14-11(25)8-13(21)23-16(14)24;;;/h6-9,15,19,22,24,38,40H,5,10-14H2,1-4H3,(H2,32,35)(H,34,41);4-7,14,18,21,23,36,38,40H,8-13H2,1-3H3,(H2,31,34)(H,33,41);10,12,15,17,26,28H,5-9H2,1-4H3,(H-,21,23,25);;2*1H/p+1/t19-,22+,24-,27?,45?;18-,21+,23-,26?,45?;12-,15+,17-,20?;;;/m111.../s1/i;;;;1+1D;1+1. The smallest absolute Gasteiger partial charge is 0.395 e. The second kappa shape index (κ2) is 42.7. The summed E-state index contributed by atoms with van der Waals surface area (Å²) >= 11 is 2.94. The van der Waals surface area contributed by atoms with Crippen molar-refractivity contribution < 1.29 is 150 Å². The Kier molecular flexibility index (Phi) is 34.9. The summed E-state index contributed by atoms with van der Waals surface area (Å²) in [6, 6.07) is 8.27. The maximum Gasteiger partial charge on any atom is 0.697 e. The average Bonchev–Trinajstić information content (AvgIpc) is 1.60. The number of amidine groups is 3. The van der Waals surface area contributed by atoms with Gasteiger partial charge in [0.1, 0.15) is 84.1 Å². The van der Waals surface area contributed by atoms with E-state index < -0.39 is 155 Å². The monoisotopic (exact) mass is 1920 g/mol. The summed E-state index contributed by atoms with van der Waals surface area (Å²) in [5.41, 5.74) is 8.51. The SMILES string of the molecule is CC(C)(CO)C(=O)SCCOP(=O)(NCc1ccc(C(F)(F)F)cc1)OC[C@H]1O[C@@H](n2cnc3c2N=C(N)CC3=O)C(C)(O)[C@H]1O.CCC(C)(C)C(=O)SCCOP(=O)(NCc1ccc(C(F)(F)F)cc1)OC[C@H]1O[C@@H](n2cnc3c2N=C(N)CC3=O)C(C)(O)[C@H]1O.CCC(C)(C)C(=O)SCCO[P+](=O)OC[C@H]1O[C@@H](n2cnc3c2N=C(N)CC3=O)C(C)(O)[C@H]1O.[2HH].[2H][2H].[B]. The van der Waals surface area contributed by atoms with Crippen LogP contribution in [0.3, 0.4) is 0 Å². The molecule has 3 aromatic heterocycles. The van der Waals surface area contributed by atoms with Crippen LogP contribution in [0.4, 0.5) is 43.8 Å². The van der Waals surface area contributed by atoms with Gasteiger partial charge in [-0.05, 0) is 82.9 Å². The number of ketones is 3. The number of carbonyl (C=O) groups excluding carboxylic acids is 6. The van der Waals surface area contributed by atoms with Crippen LogP contribution in [0.25, 0.3) is 0 Å². The van der Waals surface area contributed by atoms with Crippen molar-refractivity contribution in [2.24, 2.45) is 48.4 Å². The van der Waals surface area contributed by atoms with Crippen molar-refractivity contribution in [3.8, 4) is 0 Å². The van der Waals surface area contributed by atoms with E-state index in [0.29, 0.717) is 29.7 Å². The Balaban J connectivity index is 0.000000299. The Morgan fingerprint density at radius 2 is 0.835 bits per heavy atom. The highest BCUT2D eigenvalue weighted by Crippen LogP contribution is 2.51. The minimum absolute atomic E-state index is 0. The third-order valence-corrected chi connectivity index (χ3v) is 28.5. The number of hydrogen-bond acceptors (Lipinski definition) is 37. The van der Waals surface area contributed by atoms with Gasteiger partial charge in [0.05, 0.1) is 87.8 Å². The molecule has 3 saturated heterocycles. The van der Waals surface area contributed by atoms with E-state index in [1.54, 1.807) is 27.7 Å². The number of thioether (sulfide) groups is 3. The maximum atomic E-state index is 13.8. The molecule has 2 aromatic carbocycles. The minimum atomic E-state index is -4.54. The number of carbonyl (C=O) groups is 6. The summed E-state index contributed by atoms with van der Waals surface area (Å²) in [5.74, 6) is -0.268. The fourth-order valence-electron chi connectivity index (χ4n) is 12.4. The minimum Gasteiger partial charge on any atom is -0.395 e. The second-order valence-corrected chi connectivity index (χ2v) is 40.1. The molecular weight excluding hydrogens is 1810 g/mol. The lowest BCUT2D eigenvalue weighted by Crippen LogP contribution is -2.44. The van der Waals surface area contributed by atoms with Crippen LogP contribution in [0.1, 0.15) is 185 Å². The Morgan fingerprint density at radius 1 is 0.535 bits per heavy atom. The van der Waals surface area contributed by atoms with Gasteiger partial charge in [-0.25, -0.2) is 49.2 Å². The summed E-state index contributed by atoms with van der Waals surface area (Å²) < 4.78 is 181. The molecule has 9 heterocycles. The van der Waals surface area contributed by atoms with Gasteiger partial charge in [-0.15, -0.1) is 9.05 Å². The molecule has 15 N–H and O–H groups in total. The number of nitrogens with zero attached hydrogens (tertiary/aromatic N) is 9. The molecule has 52 heteroatoms. The van der Waals surface area contributed by atoms with E-state index in [4.69, 9.17) is 61.5 Å². The number of ether oxygens (including phenoxy) is 3. The van der Waals surface area contributed by atoms with E-state index in [1.807, 2.05) is 27.7 Å². The van der Waals surface area contributed by atoms with E-state index in [1.165, 1.54) is 77.7 Å². The number of aliphatic imine (C=N–C) groups is 3. The van der Waals surface area contributed by atoms with Gasteiger partial charge in [-0.3, -0.25) is 60.6 Å². The Hall–Kier alpha value is -6.97. The first-order valence-electron chi connectivity index (χ1n) is 40.1. The number of alkyl halides is 6. The summed E-state index contributed by atoms with van der Waals surface area (Å²) in [4.78, 5) is 98.2. The number of imidazole rings is 3. The molecule has 6 aliphatic rings. The number of aromatic nitrogens is 6. The number of nitrogens with one attached hydrogen (secondary N) is 2. The summed E-state index contributed by atoms with van der Waals surface area (Å²) in [7, 11) is -11.1. The second-order valence-electron chi connectivity index (χ2n) is 32.3. The number of benzene rings is 2. The molecule has 39 nitrogen and oxygen atoms in total. The molecule has 5 aromatic rings. The van der Waals surface area contributed by atoms with Gasteiger partial charge in [-0.2, -0.15) is 26.3 Å². The summed E-state index contributed by atoms with van der Waals surface area (Å²) in [6.07, 6.45) is -16.4. The number of aliphatic hydroxyl groups is 7. The van der Waals surface area contributed by atoms with Crippen molar-refractivity contribution in [1.29, 1.82) is 0 Å². The zero-order valence-electron chi connectivity index (χ0n) is 72.7. The van der Waals surface area contributed by atoms with E-state index in [2.05, 4.69) is 40.1 Å². The quantitative estimate of drug-likeness (QED) is 0.00771. The van der Waals surface area contributed by atoms with Crippen molar-refractivity contribution in [1.82, 2.24) is 38.8 Å². The zero-order valence-corrected chi connectivity index (χ0v) is 75.8. The number of fused-ring (bicyclic) bond motifs is 3. The molecule has 127 heavy (non-hydrogen) atoms. The van der Waals surface area contributed by atoms with Crippen LogP contribution in [0.5, 0.6) is 0 Å². The summed E-state index contributed by atoms with van der Waals surface area (Å²) in [5, 5.41) is 79.9. The average molecular weight is 1920 g/mol. The maximum absolute atomic E-state index is 13.8. The van der Waals surface area contributed by atoms with Crippen LogP contribution in [0.15, 0.2) is 82.5 Å². The Bertz CT molecular complexity index is 4780. The van der Waals surface area contributed by atoms with Crippen molar-refractivity contribution in [2.45, 2.75) is 206 Å². The Morgan fingerprint density at radius 3 is 1.13 bits per heavy atom. The van der Waals surface area contributed by atoms with Crippen LogP contribution in [0, 0.1) is 16.2 Å². The highest BCUT2D eigenvalue weighted by atomic mass is 32.2. The van der Waals surface area contributed by atoms with Crippen LogP contribution < -0.4 is 27.4 Å². The largest absolute Gasteiger partial charge is 0.697 e. The fourth-order valence-corrected chi connectivity index (χ4v) is 18.6. The first kappa shape index (κ1) is 104. The van der Waals surface area contributed by atoms with Gasteiger partial charge in [0.15, 0.2) is 85.9 Å². The fraction of sp³-hybridized carbons (Fsp3) is 0.600. The highest BCUT2D eigenvalue weighted by Gasteiger charge is 2.58. The number of rotatable bonds is 36. The molecule has 0 bridgehead atoms. The van der Waals surface area contributed by atoms with Gasteiger partial charge in [-0.1, -0.05) is 101 Å². The van der Waals surface area contributed by atoms with Crippen LogP contribution in [-0.2, 0) is 94.9 Å². The highest BCUT2D eigenvalue weighted by molar-refractivity contribution is 8.14. The lowest BCUT2D eigenvalue weighted by atomic mass is 9.92. The predicted molar refractivity (Wildman–Crippen MR) is 455 cm³/mol. The van der Waals surface area contributed by atoms with Crippen LogP contribution in [-0.4, -0.2) is 240 Å². The molecule has 0 saturated carbocycles. The van der Waals surface area contributed by atoms with E-state index in [-0.39, 0.29) is 166 Å². The van der Waals surface area contributed by atoms with Gasteiger partial charge in [0.2, 0.25) is 0 Å². The van der Waals surface area contributed by atoms with Crippen molar-refractivity contribution in [3.05, 3.63) is 107 Å². The predicted octanol–water partition coefficient (Wildman–Crippen LogP) is 8.77. The molecule has 6 unspecified atom stereocenters. The number of nitrogens with two attached hydrogens (primary N) is 3. The molecular formula is C75H106BF6N14O25P3S3+. The lowest BCUT2D eigenvalue weighted by molar-refractivity contribution is -0.138. The number of hydrogen-bond donors (Lipinski definition) is 12. The number of aliphatic hydroxyl groups excluding tert-OH is 4. The van der Waals surface area contributed by atoms with Crippen molar-refractivity contribution >= 4 is 135 Å². The normalized spacial score (nSPS) is 25.4. The Labute approximate surface area is 745 Å². The third kappa shape index (κ3) is 25.9. The molecule has 3 radical (unpaired) electrons. The number of halogens is 6. The van der Waals surface area contributed by atoms with E-state index in [9.17, 15) is 105 Å². The first-order valence-corrected chi connectivity index (χ1v) is 46.2. The van der Waals surface area contributed by atoms with Crippen LogP contribution >= 0.6 is 59.0 Å². The van der Waals surface area contributed by atoms with Crippen molar-refractivity contribution in [3.63, 3.8) is 0 Å². The van der Waals surface area contributed by atoms with Crippen LogP contribution in [0.2, 0.25) is 0 Å². The van der Waals surface area contributed by atoms with Gasteiger partial charge in [0.25, 0.3) is 0 Å². The number of Topliss-reactive ketones (excluding diaryl/α,β-unsaturated/α-hetero) is 3. The van der Waals surface area contributed by atoms with E-state index >= 15 is 0 Å². The molecule has 11 rings (SSSR count). The molecule has 0 aliphatic carbocycles. The van der Waals surface area contributed by atoms with Crippen molar-refractivity contribution in [2.75, 3.05) is 63.5 Å².